The van der Waals surface area contributed by atoms with Crippen molar-refractivity contribution < 1.29 is 5.11 Å². The predicted molar refractivity (Wildman–Crippen MR) is 69.8 cm³/mol. The van der Waals surface area contributed by atoms with E-state index in [1.165, 1.54) is 0 Å². The maximum Gasteiger partial charge on any atom is 0.0847 e. The quantitative estimate of drug-likeness (QED) is 0.787. The second-order valence-electron chi connectivity index (χ2n) is 4.94. The minimum Gasteiger partial charge on any atom is -0.388 e. The lowest BCUT2D eigenvalue weighted by molar-refractivity contribution is 0.00234. The molecule has 1 heterocycles. The molecule has 1 rings (SSSR count). The number of hydrogen-bond donors (Lipinski definition) is 2. The van der Waals surface area contributed by atoms with E-state index in [-0.39, 0.29) is 12.5 Å². The molecule has 0 bridgehead atoms. The van der Waals surface area contributed by atoms with E-state index in [2.05, 4.69) is 25.0 Å². The zero-order chi connectivity index (χ0) is 13.1. The van der Waals surface area contributed by atoms with E-state index in [4.69, 9.17) is 5.73 Å². The Kier molecular flexibility index (Phi) is 4.71. The Labute approximate surface area is 104 Å². The van der Waals surface area contributed by atoms with Crippen molar-refractivity contribution >= 4 is 0 Å². The summed E-state index contributed by atoms with van der Waals surface area (Å²) in [6.07, 6.45) is 1.49. The van der Waals surface area contributed by atoms with Gasteiger partial charge in [0.25, 0.3) is 0 Å². The average molecular weight is 239 g/mol. The maximum atomic E-state index is 10.5. The number of aliphatic hydroxyl groups is 1. The summed E-state index contributed by atoms with van der Waals surface area (Å²) in [6, 6.07) is 2.08. The van der Waals surface area contributed by atoms with Crippen molar-refractivity contribution in [3.8, 4) is 0 Å². The fraction of sp³-hybridized carbons (Fsp3) is 0.769. The van der Waals surface area contributed by atoms with Crippen LogP contribution in [0.3, 0.4) is 0 Å². The van der Waals surface area contributed by atoms with Gasteiger partial charge in [0.15, 0.2) is 0 Å². The van der Waals surface area contributed by atoms with Crippen LogP contribution >= 0.6 is 0 Å². The highest BCUT2D eigenvalue weighted by molar-refractivity contribution is 5.13. The molecule has 0 saturated heterocycles. The number of rotatable bonds is 6. The summed E-state index contributed by atoms with van der Waals surface area (Å²) in [5.41, 5.74) is 7.02. The fourth-order valence-corrected chi connectivity index (χ4v) is 1.93. The molecule has 0 radical (unpaired) electrons. The number of aromatic nitrogens is 2. The Balaban J connectivity index is 2.96. The van der Waals surface area contributed by atoms with E-state index in [9.17, 15) is 5.11 Å². The highest BCUT2D eigenvalue weighted by Gasteiger charge is 2.31. The van der Waals surface area contributed by atoms with Crippen molar-refractivity contribution in [2.45, 2.75) is 52.7 Å². The minimum atomic E-state index is -0.835. The Bertz CT molecular complexity index is 360. The second-order valence-corrected chi connectivity index (χ2v) is 4.94. The molecule has 0 saturated carbocycles. The molecule has 4 heteroatoms. The number of nitrogens with zero attached hydrogens (tertiary/aromatic N) is 2. The van der Waals surface area contributed by atoms with Crippen LogP contribution < -0.4 is 5.73 Å². The van der Waals surface area contributed by atoms with E-state index in [0.29, 0.717) is 6.42 Å². The van der Waals surface area contributed by atoms with Crippen LogP contribution in [0, 0.1) is 5.92 Å². The van der Waals surface area contributed by atoms with Crippen molar-refractivity contribution in [1.29, 1.82) is 0 Å². The van der Waals surface area contributed by atoms with Crippen molar-refractivity contribution in [1.82, 2.24) is 9.78 Å². The van der Waals surface area contributed by atoms with Crippen LogP contribution in [-0.4, -0.2) is 27.0 Å². The summed E-state index contributed by atoms with van der Waals surface area (Å²) >= 11 is 0. The minimum absolute atomic E-state index is 0.137. The topological polar surface area (TPSA) is 64.1 Å². The van der Waals surface area contributed by atoms with Gasteiger partial charge < -0.3 is 10.8 Å². The number of nitrogens with two attached hydrogens (primary N) is 1. The van der Waals surface area contributed by atoms with Crippen LogP contribution in [0.25, 0.3) is 0 Å². The van der Waals surface area contributed by atoms with Crippen LogP contribution in [0.1, 0.15) is 39.1 Å². The molecule has 4 nitrogen and oxygen atoms in total. The molecule has 1 aromatic heterocycles. The standard InChI is InChI=1S/C13H25N3O/c1-5-11-7-12(16(6-2)15-11)8-13(17,9-14)10(3)4/h7,10,17H,5-6,8-9,14H2,1-4H3. The van der Waals surface area contributed by atoms with Gasteiger partial charge >= 0.3 is 0 Å². The highest BCUT2D eigenvalue weighted by Crippen LogP contribution is 2.22. The van der Waals surface area contributed by atoms with E-state index >= 15 is 0 Å². The zero-order valence-corrected chi connectivity index (χ0v) is 11.4. The van der Waals surface area contributed by atoms with Gasteiger partial charge in [-0.1, -0.05) is 20.8 Å². The monoisotopic (exact) mass is 239 g/mol. The van der Waals surface area contributed by atoms with Gasteiger partial charge in [-0.15, -0.1) is 0 Å². The van der Waals surface area contributed by atoms with Crippen molar-refractivity contribution in [2.24, 2.45) is 11.7 Å². The molecular weight excluding hydrogens is 214 g/mol. The van der Waals surface area contributed by atoms with Crippen LogP contribution in [-0.2, 0) is 19.4 Å². The molecule has 17 heavy (non-hydrogen) atoms. The molecule has 0 aliphatic carbocycles. The van der Waals surface area contributed by atoms with Crippen LogP contribution in [0.4, 0.5) is 0 Å². The summed E-state index contributed by atoms with van der Waals surface area (Å²) < 4.78 is 1.96. The first-order valence-corrected chi connectivity index (χ1v) is 6.44. The Morgan fingerprint density at radius 2 is 2.12 bits per heavy atom. The Hall–Kier alpha value is -0.870. The van der Waals surface area contributed by atoms with Gasteiger partial charge in [-0.05, 0) is 25.3 Å². The first kappa shape index (κ1) is 14.2. The van der Waals surface area contributed by atoms with Gasteiger partial charge in [-0.2, -0.15) is 5.10 Å². The van der Waals surface area contributed by atoms with Crippen molar-refractivity contribution in [2.75, 3.05) is 6.54 Å². The molecule has 0 aromatic carbocycles. The van der Waals surface area contributed by atoms with Crippen LogP contribution in [0.5, 0.6) is 0 Å². The summed E-state index contributed by atoms with van der Waals surface area (Å²) in [4.78, 5) is 0. The molecule has 1 atom stereocenters. The van der Waals surface area contributed by atoms with Crippen molar-refractivity contribution in [3.63, 3.8) is 0 Å². The number of aryl methyl sites for hydroxylation is 2. The largest absolute Gasteiger partial charge is 0.388 e. The summed E-state index contributed by atoms with van der Waals surface area (Å²) in [5.74, 6) is 0.137. The third-order valence-electron chi connectivity index (χ3n) is 3.49. The molecule has 0 aliphatic heterocycles. The van der Waals surface area contributed by atoms with Gasteiger partial charge in [0.2, 0.25) is 0 Å². The SMILES string of the molecule is CCc1cc(CC(O)(CN)C(C)C)n(CC)n1. The predicted octanol–water partition coefficient (Wildman–Crippen LogP) is 1.35. The molecule has 98 valence electrons. The fourth-order valence-electron chi connectivity index (χ4n) is 1.93. The van der Waals surface area contributed by atoms with E-state index in [0.717, 1.165) is 24.4 Å². The summed E-state index contributed by atoms with van der Waals surface area (Å²) in [7, 11) is 0. The van der Waals surface area contributed by atoms with Gasteiger partial charge in [0.05, 0.1) is 11.3 Å². The molecule has 0 amide bonds. The normalized spacial score (nSPS) is 15.2. The molecule has 1 aromatic rings. The molecule has 0 spiro atoms. The third-order valence-corrected chi connectivity index (χ3v) is 3.49. The smallest absolute Gasteiger partial charge is 0.0847 e. The summed E-state index contributed by atoms with van der Waals surface area (Å²) in [6.45, 7) is 9.26. The maximum absolute atomic E-state index is 10.5. The highest BCUT2D eigenvalue weighted by atomic mass is 16.3. The first-order valence-electron chi connectivity index (χ1n) is 6.44. The molecule has 0 fully saturated rings. The van der Waals surface area contributed by atoms with E-state index in [1.54, 1.807) is 0 Å². The lowest BCUT2D eigenvalue weighted by Crippen LogP contribution is -2.45. The van der Waals surface area contributed by atoms with Crippen LogP contribution in [0.2, 0.25) is 0 Å². The third kappa shape index (κ3) is 3.07. The van der Waals surface area contributed by atoms with Gasteiger partial charge in [0, 0.05) is 25.2 Å². The van der Waals surface area contributed by atoms with E-state index < -0.39 is 5.60 Å². The lowest BCUT2D eigenvalue weighted by Gasteiger charge is -2.30. The Morgan fingerprint density at radius 3 is 2.53 bits per heavy atom. The van der Waals surface area contributed by atoms with Gasteiger partial charge in [0.1, 0.15) is 0 Å². The van der Waals surface area contributed by atoms with Gasteiger partial charge in [-0.3, -0.25) is 4.68 Å². The molecular formula is C13H25N3O. The Morgan fingerprint density at radius 1 is 1.47 bits per heavy atom. The summed E-state index contributed by atoms with van der Waals surface area (Å²) in [5, 5.41) is 15.0. The molecule has 3 N–H and O–H groups in total. The second kappa shape index (κ2) is 5.65. The number of hydrogen-bond acceptors (Lipinski definition) is 3. The molecule has 0 aliphatic rings. The van der Waals surface area contributed by atoms with Crippen LogP contribution in [0.15, 0.2) is 6.07 Å². The van der Waals surface area contributed by atoms with Crippen molar-refractivity contribution in [3.05, 3.63) is 17.5 Å². The zero-order valence-electron chi connectivity index (χ0n) is 11.4. The van der Waals surface area contributed by atoms with E-state index in [1.807, 2.05) is 18.5 Å². The first-order chi connectivity index (χ1) is 7.96. The van der Waals surface area contributed by atoms with Gasteiger partial charge in [-0.25, -0.2) is 0 Å². The molecule has 1 unspecified atom stereocenters. The average Bonchev–Trinajstić information content (AvgIpc) is 2.70. The lowest BCUT2D eigenvalue weighted by atomic mass is 9.86.